The summed E-state index contributed by atoms with van der Waals surface area (Å²) in [5.74, 6) is 1.81. The zero-order valence-electron chi connectivity index (χ0n) is 10.8. The fraction of sp³-hybridized carbons (Fsp3) is 0.385. The molecule has 1 heterocycles. The fourth-order valence-electron chi connectivity index (χ4n) is 1.62. The lowest BCUT2D eigenvalue weighted by molar-refractivity contribution is 0.477. The third-order valence-corrected chi connectivity index (χ3v) is 3.41. The average molecular weight is 279 g/mol. The molecule has 0 radical (unpaired) electrons. The predicted molar refractivity (Wildman–Crippen MR) is 75.0 cm³/mol. The summed E-state index contributed by atoms with van der Waals surface area (Å²) in [6, 6.07) is 9.67. The van der Waals surface area contributed by atoms with Crippen molar-refractivity contribution in [3.05, 3.63) is 36.2 Å². The molecule has 2 aromatic rings. The van der Waals surface area contributed by atoms with Crippen molar-refractivity contribution in [2.45, 2.75) is 13.0 Å². The molecular formula is C13H17N3O2S. The van der Waals surface area contributed by atoms with Gasteiger partial charge in [-0.15, -0.1) is 10.2 Å². The van der Waals surface area contributed by atoms with Crippen LogP contribution in [0.4, 0.5) is 0 Å². The molecule has 0 aliphatic heterocycles. The van der Waals surface area contributed by atoms with Gasteiger partial charge >= 0.3 is 0 Å². The molecule has 0 spiro atoms. The summed E-state index contributed by atoms with van der Waals surface area (Å²) in [5, 5.41) is 11.2. The van der Waals surface area contributed by atoms with Crippen LogP contribution in [0.5, 0.6) is 0 Å². The summed E-state index contributed by atoms with van der Waals surface area (Å²) >= 11 is 0. The van der Waals surface area contributed by atoms with E-state index in [0.29, 0.717) is 24.1 Å². The Balaban J connectivity index is 1.80. The minimum absolute atomic E-state index is 0.534. The SMILES string of the molecule is CS(=O)CCCNCc1nnc(-c2ccccc2)o1. The molecule has 6 heteroatoms. The van der Waals surface area contributed by atoms with Gasteiger partial charge in [-0.3, -0.25) is 4.21 Å². The first-order chi connectivity index (χ1) is 9.25. The van der Waals surface area contributed by atoms with Gasteiger partial charge in [0.2, 0.25) is 11.8 Å². The molecule has 1 aromatic heterocycles. The maximum absolute atomic E-state index is 10.9. The van der Waals surface area contributed by atoms with Crippen molar-refractivity contribution in [1.29, 1.82) is 0 Å². The van der Waals surface area contributed by atoms with Crippen LogP contribution in [0.3, 0.4) is 0 Å². The van der Waals surface area contributed by atoms with Crippen LogP contribution < -0.4 is 5.32 Å². The van der Waals surface area contributed by atoms with Crippen molar-refractivity contribution in [3.8, 4) is 11.5 Å². The lowest BCUT2D eigenvalue weighted by Gasteiger charge is -1.99. The molecule has 1 unspecified atom stereocenters. The maximum atomic E-state index is 10.9. The van der Waals surface area contributed by atoms with Gasteiger partial charge in [-0.05, 0) is 25.1 Å². The number of nitrogens with one attached hydrogen (secondary N) is 1. The minimum Gasteiger partial charge on any atom is -0.419 e. The second kappa shape index (κ2) is 7.16. The van der Waals surface area contributed by atoms with Crippen molar-refractivity contribution in [1.82, 2.24) is 15.5 Å². The lowest BCUT2D eigenvalue weighted by Crippen LogP contribution is -2.16. The van der Waals surface area contributed by atoms with Crippen LogP contribution in [0.25, 0.3) is 11.5 Å². The maximum Gasteiger partial charge on any atom is 0.247 e. The first kappa shape index (κ1) is 13.9. The molecular weight excluding hydrogens is 262 g/mol. The number of aromatic nitrogens is 2. The van der Waals surface area contributed by atoms with Crippen LogP contribution in [0, 0.1) is 0 Å². The highest BCUT2D eigenvalue weighted by Crippen LogP contribution is 2.16. The third kappa shape index (κ3) is 4.57. The molecule has 102 valence electrons. The van der Waals surface area contributed by atoms with E-state index < -0.39 is 10.8 Å². The Labute approximate surface area is 114 Å². The van der Waals surface area contributed by atoms with Crippen LogP contribution in [0.15, 0.2) is 34.7 Å². The Kier molecular flexibility index (Phi) is 5.23. The van der Waals surface area contributed by atoms with E-state index in [1.807, 2.05) is 30.3 Å². The molecule has 2 rings (SSSR count). The minimum atomic E-state index is -0.726. The highest BCUT2D eigenvalue weighted by atomic mass is 32.2. The average Bonchev–Trinajstić information content (AvgIpc) is 2.88. The topological polar surface area (TPSA) is 68.0 Å². The van der Waals surface area contributed by atoms with Crippen molar-refractivity contribution in [3.63, 3.8) is 0 Å². The predicted octanol–water partition coefficient (Wildman–Crippen LogP) is 1.59. The first-order valence-electron chi connectivity index (χ1n) is 6.14. The highest BCUT2D eigenvalue weighted by molar-refractivity contribution is 7.84. The zero-order valence-corrected chi connectivity index (χ0v) is 11.7. The van der Waals surface area contributed by atoms with E-state index in [0.717, 1.165) is 18.5 Å². The lowest BCUT2D eigenvalue weighted by atomic mass is 10.2. The van der Waals surface area contributed by atoms with E-state index in [1.165, 1.54) is 0 Å². The summed E-state index contributed by atoms with van der Waals surface area (Å²) in [6.07, 6.45) is 2.59. The molecule has 19 heavy (non-hydrogen) atoms. The number of hydrogen-bond acceptors (Lipinski definition) is 5. The van der Waals surface area contributed by atoms with Crippen LogP contribution >= 0.6 is 0 Å². The van der Waals surface area contributed by atoms with Crippen molar-refractivity contribution >= 4 is 10.8 Å². The van der Waals surface area contributed by atoms with Crippen molar-refractivity contribution < 1.29 is 8.63 Å². The Morgan fingerprint density at radius 2 is 2.05 bits per heavy atom. The number of nitrogens with zero attached hydrogens (tertiary/aromatic N) is 2. The third-order valence-electron chi connectivity index (χ3n) is 2.55. The second-order valence-corrected chi connectivity index (χ2v) is 5.73. The standard InChI is InChI=1S/C13H17N3O2S/c1-19(17)9-5-8-14-10-12-15-16-13(18-12)11-6-3-2-4-7-11/h2-4,6-7,14H,5,8-10H2,1H3. The van der Waals surface area contributed by atoms with Gasteiger partial charge in [0.15, 0.2) is 0 Å². The van der Waals surface area contributed by atoms with Gasteiger partial charge in [-0.1, -0.05) is 18.2 Å². The smallest absolute Gasteiger partial charge is 0.247 e. The zero-order chi connectivity index (χ0) is 13.5. The molecule has 0 aliphatic carbocycles. The molecule has 0 aliphatic rings. The van der Waals surface area contributed by atoms with Gasteiger partial charge in [0.25, 0.3) is 0 Å². The molecule has 0 fully saturated rings. The molecule has 1 aromatic carbocycles. The van der Waals surface area contributed by atoms with Gasteiger partial charge in [-0.25, -0.2) is 0 Å². The molecule has 0 saturated carbocycles. The molecule has 1 atom stereocenters. The summed E-state index contributed by atoms with van der Waals surface area (Å²) < 4.78 is 16.4. The monoisotopic (exact) mass is 279 g/mol. The Morgan fingerprint density at radius 1 is 1.26 bits per heavy atom. The van der Waals surface area contributed by atoms with Gasteiger partial charge < -0.3 is 9.73 Å². The van der Waals surface area contributed by atoms with Gasteiger partial charge in [-0.2, -0.15) is 0 Å². The second-order valence-electron chi connectivity index (χ2n) is 4.17. The molecule has 0 bridgehead atoms. The summed E-state index contributed by atoms with van der Waals surface area (Å²) in [7, 11) is -0.726. The summed E-state index contributed by atoms with van der Waals surface area (Å²) in [4.78, 5) is 0. The number of rotatable bonds is 7. The highest BCUT2D eigenvalue weighted by Gasteiger charge is 2.07. The quantitative estimate of drug-likeness (QED) is 0.780. The largest absolute Gasteiger partial charge is 0.419 e. The Bertz CT molecular complexity index is 528. The van der Waals surface area contributed by atoms with Crippen molar-refractivity contribution in [2.24, 2.45) is 0 Å². The van der Waals surface area contributed by atoms with E-state index in [2.05, 4.69) is 15.5 Å². The Morgan fingerprint density at radius 3 is 2.79 bits per heavy atom. The van der Waals surface area contributed by atoms with Gasteiger partial charge in [0.05, 0.1) is 6.54 Å². The fourth-order valence-corrected chi connectivity index (χ4v) is 2.17. The van der Waals surface area contributed by atoms with E-state index >= 15 is 0 Å². The van der Waals surface area contributed by atoms with Crippen LogP contribution in [0.2, 0.25) is 0 Å². The molecule has 0 saturated heterocycles. The molecule has 5 nitrogen and oxygen atoms in total. The first-order valence-corrected chi connectivity index (χ1v) is 7.87. The molecule has 0 amide bonds. The Hall–Kier alpha value is -1.53. The summed E-state index contributed by atoms with van der Waals surface area (Å²) in [6.45, 7) is 1.33. The number of benzene rings is 1. The van der Waals surface area contributed by atoms with Gasteiger partial charge in [0.1, 0.15) is 0 Å². The van der Waals surface area contributed by atoms with E-state index in [-0.39, 0.29) is 0 Å². The van der Waals surface area contributed by atoms with Crippen LogP contribution in [0.1, 0.15) is 12.3 Å². The normalized spacial score (nSPS) is 12.5. The van der Waals surface area contributed by atoms with E-state index in [4.69, 9.17) is 4.42 Å². The van der Waals surface area contributed by atoms with Crippen molar-refractivity contribution in [2.75, 3.05) is 18.6 Å². The molecule has 1 N–H and O–H groups in total. The van der Waals surface area contributed by atoms with Crippen LogP contribution in [-0.4, -0.2) is 33.0 Å². The van der Waals surface area contributed by atoms with E-state index in [1.54, 1.807) is 6.26 Å². The van der Waals surface area contributed by atoms with Gasteiger partial charge in [0, 0.05) is 28.4 Å². The van der Waals surface area contributed by atoms with Crippen LogP contribution in [-0.2, 0) is 17.3 Å². The van der Waals surface area contributed by atoms with E-state index in [9.17, 15) is 4.21 Å². The number of hydrogen-bond donors (Lipinski definition) is 1. The summed E-state index contributed by atoms with van der Waals surface area (Å²) in [5.41, 5.74) is 0.919.